The molecule has 0 aliphatic rings. The largest absolute Gasteiger partial charge is 0.377 e. The van der Waals surface area contributed by atoms with Crippen molar-refractivity contribution >= 4 is 69.4 Å². The van der Waals surface area contributed by atoms with Crippen LogP contribution in [0.25, 0.3) is 0 Å². The number of anilines is 1. The third-order valence-electron chi connectivity index (χ3n) is 2.81. The van der Waals surface area contributed by atoms with Gasteiger partial charge in [-0.15, -0.1) is 0 Å². The summed E-state index contributed by atoms with van der Waals surface area (Å²) >= 11 is 13.7. The molecule has 0 radical (unpaired) electrons. The van der Waals surface area contributed by atoms with E-state index in [4.69, 9.17) is 0 Å². The zero-order valence-corrected chi connectivity index (χ0v) is 16.7. The van der Waals surface area contributed by atoms with Gasteiger partial charge in [0.25, 0.3) is 0 Å². The lowest BCUT2D eigenvalue weighted by Gasteiger charge is -2.19. The van der Waals surface area contributed by atoms with E-state index >= 15 is 0 Å². The van der Waals surface area contributed by atoms with Gasteiger partial charge in [0.15, 0.2) is 0 Å². The maximum atomic E-state index is 13.3. The first-order valence-electron chi connectivity index (χ1n) is 5.74. The third kappa shape index (κ3) is 3.84. The molecule has 106 valence electrons. The summed E-state index contributed by atoms with van der Waals surface area (Å²) in [5.41, 5.74) is 1.96. The molecule has 0 saturated carbocycles. The van der Waals surface area contributed by atoms with Gasteiger partial charge in [-0.3, -0.25) is 0 Å². The van der Waals surface area contributed by atoms with Crippen LogP contribution in [-0.2, 0) is 0 Å². The maximum absolute atomic E-state index is 13.3. The van der Waals surface area contributed by atoms with Gasteiger partial charge in [-0.2, -0.15) is 0 Å². The molecule has 1 N–H and O–H groups in total. The Labute approximate surface area is 150 Å². The lowest BCUT2D eigenvalue weighted by Crippen LogP contribution is -2.08. The monoisotopic (exact) mass is 527 g/mol. The number of rotatable bonds is 3. The van der Waals surface area contributed by atoms with Gasteiger partial charge in [0.2, 0.25) is 0 Å². The highest BCUT2D eigenvalue weighted by molar-refractivity contribution is 9.11. The third-order valence-corrected chi connectivity index (χ3v) is 5.13. The van der Waals surface area contributed by atoms with E-state index in [0.29, 0.717) is 4.47 Å². The van der Waals surface area contributed by atoms with Crippen molar-refractivity contribution in [2.24, 2.45) is 0 Å². The lowest BCUT2D eigenvalue weighted by atomic mass is 10.1. The van der Waals surface area contributed by atoms with Gasteiger partial charge in [0.05, 0.1) is 10.2 Å². The first-order chi connectivity index (χ1) is 9.38. The molecule has 0 aliphatic carbocycles. The van der Waals surface area contributed by atoms with E-state index in [1.165, 1.54) is 6.07 Å². The van der Waals surface area contributed by atoms with E-state index in [-0.39, 0.29) is 11.9 Å². The van der Waals surface area contributed by atoms with Crippen LogP contribution < -0.4 is 5.32 Å². The molecular formula is C14H10Br4FN. The number of nitrogens with one attached hydrogen (secondary N) is 1. The molecular weight excluding hydrogens is 521 g/mol. The molecule has 0 aromatic heterocycles. The highest BCUT2D eigenvalue weighted by Crippen LogP contribution is 2.36. The average Bonchev–Trinajstić information content (AvgIpc) is 2.36. The minimum Gasteiger partial charge on any atom is -0.377 e. The Morgan fingerprint density at radius 1 is 0.950 bits per heavy atom. The van der Waals surface area contributed by atoms with Gasteiger partial charge in [-0.05, 0) is 84.5 Å². The predicted octanol–water partition coefficient (Wildman–Crippen LogP) is 7.05. The molecule has 6 heteroatoms. The molecule has 20 heavy (non-hydrogen) atoms. The summed E-state index contributed by atoms with van der Waals surface area (Å²) in [5, 5.41) is 3.41. The lowest BCUT2D eigenvalue weighted by molar-refractivity contribution is 0.619. The van der Waals surface area contributed by atoms with Crippen molar-refractivity contribution in [3.63, 3.8) is 0 Å². The van der Waals surface area contributed by atoms with Crippen molar-refractivity contribution in [2.75, 3.05) is 5.32 Å². The highest BCUT2D eigenvalue weighted by atomic mass is 79.9. The Kier molecular flexibility index (Phi) is 5.68. The molecule has 1 atom stereocenters. The second-order valence-corrected chi connectivity index (χ2v) is 7.76. The fraction of sp³-hybridized carbons (Fsp3) is 0.143. The Hall–Kier alpha value is 0.0900. The van der Waals surface area contributed by atoms with E-state index in [1.54, 1.807) is 12.1 Å². The second kappa shape index (κ2) is 6.90. The molecule has 0 bridgehead atoms. The number of benzene rings is 2. The summed E-state index contributed by atoms with van der Waals surface area (Å²) < 4.78 is 16.6. The molecule has 2 aromatic carbocycles. The maximum Gasteiger partial charge on any atom is 0.137 e. The summed E-state index contributed by atoms with van der Waals surface area (Å²) in [6, 6.07) is 9.01. The number of hydrogen-bond acceptors (Lipinski definition) is 1. The van der Waals surface area contributed by atoms with Crippen LogP contribution in [-0.4, -0.2) is 0 Å². The zero-order chi connectivity index (χ0) is 14.9. The van der Waals surface area contributed by atoms with Crippen LogP contribution in [0.3, 0.4) is 0 Å². The topological polar surface area (TPSA) is 12.0 Å². The fourth-order valence-corrected chi connectivity index (χ4v) is 4.65. The van der Waals surface area contributed by atoms with Crippen LogP contribution in [0.2, 0.25) is 0 Å². The van der Waals surface area contributed by atoms with Crippen molar-refractivity contribution in [1.82, 2.24) is 0 Å². The molecule has 1 nitrogen and oxygen atoms in total. The van der Waals surface area contributed by atoms with Gasteiger partial charge in [-0.25, -0.2) is 4.39 Å². The van der Waals surface area contributed by atoms with Crippen molar-refractivity contribution < 1.29 is 4.39 Å². The standard InChI is InChI=1S/C14H10Br4FN/c1-7(8-2-3-13(19)10(16)4-8)20-14-11(17)5-9(15)6-12(14)18/h2-7,20H,1H3. The molecule has 2 rings (SSSR count). The average molecular weight is 531 g/mol. The number of halogens is 5. The summed E-state index contributed by atoms with van der Waals surface area (Å²) in [6.07, 6.45) is 0. The molecule has 0 fully saturated rings. The van der Waals surface area contributed by atoms with E-state index in [1.807, 2.05) is 19.1 Å². The van der Waals surface area contributed by atoms with E-state index in [2.05, 4.69) is 69.0 Å². The van der Waals surface area contributed by atoms with Crippen LogP contribution in [0, 0.1) is 5.82 Å². The SMILES string of the molecule is CC(Nc1c(Br)cc(Br)cc1Br)c1ccc(F)c(Br)c1. The molecule has 0 heterocycles. The molecule has 0 aliphatic heterocycles. The molecule has 1 unspecified atom stereocenters. The first kappa shape index (κ1) is 16.5. The summed E-state index contributed by atoms with van der Waals surface area (Å²) in [6.45, 7) is 2.03. The quantitative estimate of drug-likeness (QED) is 0.448. The van der Waals surface area contributed by atoms with Crippen molar-refractivity contribution in [1.29, 1.82) is 0 Å². The minimum absolute atomic E-state index is 0.0423. The number of hydrogen-bond donors (Lipinski definition) is 1. The highest BCUT2D eigenvalue weighted by Gasteiger charge is 2.12. The first-order valence-corrected chi connectivity index (χ1v) is 8.91. The Morgan fingerprint density at radius 3 is 2.10 bits per heavy atom. The van der Waals surface area contributed by atoms with Gasteiger partial charge in [0.1, 0.15) is 5.82 Å². The van der Waals surface area contributed by atoms with Crippen molar-refractivity contribution in [3.05, 3.63) is 59.6 Å². The second-order valence-electron chi connectivity index (χ2n) is 4.28. The van der Waals surface area contributed by atoms with Gasteiger partial charge < -0.3 is 5.32 Å². The Morgan fingerprint density at radius 2 is 1.55 bits per heavy atom. The van der Waals surface area contributed by atoms with Crippen LogP contribution in [0.4, 0.5) is 10.1 Å². The zero-order valence-electron chi connectivity index (χ0n) is 10.4. The summed E-state index contributed by atoms with van der Waals surface area (Å²) in [4.78, 5) is 0. The summed E-state index contributed by atoms with van der Waals surface area (Å²) in [7, 11) is 0. The van der Waals surface area contributed by atoms with E-state index in [9.17, 15) is 4.39 Å². The van der Waals surface area contributed by atoms with Gasteiger partial charge >= 0.3 is 0 Å². The van der Waals surface area contributed by atoms with Crippen LogP contribution in [0.1, 0.15) is 18.5 Å². The minimum atomic E-state index is -0.257. The van der Waals surface area contributed by atoms with Crippen LogP contribution in [0.5, 0.6) is 0 Å². The Bertz CT molecular complexity index is 622. The van der Waals surface area contributed by atoms with Crippen LogP contribution in [0.15, 0.2) is 48.2 Å². The van der Waals surface area contributed by atoms with E-state index < -0.39 is 0 Å². The van der Waals surface area contributed by atoms with Gasteiger partial charge in [-0.1, -0.05) is 22.0 Å². The molecule has 0 amide bonds. The van der Waals surface area contributed by atoms with Crippen molar-refractivity contribution in [3.8, 4) is 0 Å². The van der Waals surface area contributed by atoms with Crippen LogP contribution >= 0.6 is 63.7 Å². The molecule has 2 aromatic rings. The molecule has 0 saturated heterocycles. The smallest absolute Gasteiger partial charge is 0.137 e. The van der Waals surface area contributed by atoms with Crippen molar-refractivity contribution in [2.45, 2.75) is 13.0 Å². The van der Waals surface area contributed by atoms with E-state index in [0.717, 1.165) is 24.7 Å². The Balaban J connectivity index is 2.27. The molecule has 0 spiro atoms. The fourth-order valence-electron chi connectivity index (χ4n) is 1.76. The van der Waals surface area contributed by atoms with Gasteiger partial charge in [0, 0.05) is 19.5 Å². The predicted molar refractivity (Wildman–Crippen MR) is 95.7 cm³/mol. The normalized spacial score (nSPS) is 12.3. The summed E-state index contributed by atoms with van der Waals surface area (Å²) in [5.74, 6) is -0.257.